The second-order valence-electron chi connectivity index (χ2n) is 3.98. The largest absolute Gasteiger partial charge is 0.236 e. The molecule has 2 aromatic rings. The van der Waals surface area contributed by atoms with E-state index in [1.807, 2.05) is 20.0 Å². The number of rotatable bonds is 1. The van der Waals surface area contributed by atoms with Crippen LogP contribution < -0.4 is 23.4 Å². The van der Waals surface area contributed by atoms with Crippen LogP contribution in [0.3, 0.4) is 0 Å². The van der Waals surface area contributed by atoms with Crippen molar-refractivity contribution in [2.24, 2.45) is 7.05 Å². The van der Waals surface area contributed by atoms with Crippen molar-refractivity contribution in [1.29, 1.82) is 0 Å². The number of hydrogen-bond acceptors (Lipinski definition) is 5. The quantitative estimate of drug-likeness (QED) is 0.545. The molecule has 7 heteroatoms. The van der Waals surface area contributed by atoms with E-state index in [0.29, 0.717) is 0 Å². The van der Waals surface area contributed by atoms with Gasteiger partial charge in [-0.25, -0.2) is 23.2 Å². The summed E-state index contributed by atoms with van der Waals surface area (Å²) in [5, 5.41) is 0. The number of aryl methyl sites for hydroxylation is 3. The van der Waals surface area contributed by atoms with Gasteiger partial charge in [0.15, 0.2) is 7.05 Å². The Morgan fingerprint density at radius 2 is 1.47 bits per heavy atom. The van der Waals surface area contributed by atoms with Gasteiger partial charge < -0.3 is 0 Å². The molecule has 0 N–H and O–H groups in total. The van der Waals surface area contributed by atoms with Crippen LogP contribution in [-0.2, 0) is 7.05 Å². The van der Waals surface area contributed by atoms with Gasteiger partial charge in [0.05, 0.1) is 6.07 Å². The maximum absolute atomic E-state index is 8.49. The molecule has 0 aliphatic rings. The summed E-state index contributed by atoms with van der Waals surface area (Å²) in [6, 6.07) is 10.4. The average molecular weight is 288 g/mol. The zero-order valence-corrected chi connectivity index (χ0v) is 11.5. The van der Waals surface area contributed by atoms with Crippen LogP contribution in [-0.4, -0.2) is 0 Å². The minimum Gasteiger partial charge on any atom is -0.236 e. The van der Waals surface area contributed by atoms with Gasteiger partial charge in [-0.1, -0.05) is 29.8 Å². The van der Waals surface area contributed by atoms with Gasteiger partial charge in [0.2, 0.25) is 11.5 Å². The molecule has 0 saturated carbocycles. The minimum absolute atomic E-state index is 0.921. The molecule has 19 heavy (non-hydrogen) atoms. The Hall–Kier alpha value is -1.44. The first-order valence-electron chi connectivity index (χ1n) is 5.32. The second kappa shape index (κ2) is 6.14. The SMILES string of the molecule is Cc1ccc(-c2cc(C)[n+](C)o2)cc1.[O-][Cl+3]([O-])([O-])[O-]. The molecular formula is C12H14ClNO5. The fourth-order valence-corrected chi connectivity index (χ4v) is 1.38. The zero-order valence-electron chi connectivity index (χ0n) is 10.8. The smallest absolute Gasteiger partial charge is 0.228 e. The Bertz CT molecular complexity index is 505. The molecule has 0 saturated heterocycles. The van der Waals surface area contributed by atoms with E-state index in [9.17, 15) is 0 Å². The standard InChI is InChI=1S/C12H14NO.ClHO4/c1-9-4-6-11(7-5-9)12-8-10(2)13(3)14-12;2-1(3,4)5/h4-8H,1-3H3;(H,2,3,4,5)/q+1;/p-1. The fourth-order valence-electron chi connectivity index (χ4n) is 1.38. The lowest BCUT2D eigenvalue weighted by molar-refractivity contribution is -2.00. The van der Waals surface area contributed by atoms with Crippen LogP contribution in [0.15, 0.2) is 34.9 Å². The normalized spacial score (nSPS) is 10.9. The van der Waals surface area contributed by atoms with Crippen LogP contribution in [0.4, 0.5) is 0 Å². The highest BCUT2D eigenvalue weighted by molar-refractivity contribution is 5.57. The van der Waals surface area contributed by atoms with Crippen LogP contribution >= 0.6 is 0 Å². The monoisotopic (exact) mass is 287 g/mol. The predicted octanol–water partition coefficient (Wildman–Crippen LogP) is -2.37. The van der Waals surface area contributed by atoms with Crippen molar-refractivity contribution >= 4 is 0 Å². The van der Waals surface area contributed by atoms with E-state index >= 15 is 0 Å². The summed E-state index contributed by atoms with van der Waals surface area (Å²) in [7, 11) is -3.03. The number of halogens is 1. The lowest BCUT2D eigenvalue weighted by atomic mass is 10.1. The third-order valence-electron chi connectivity index (χ3n) is 2.41. The summed E-state index contributed by atoms with van der Waals surface area (Å²) >= 11 is 0. The first-order chi connectivity index (χ1) is 8.66. The van der Waals surface area contributed by atoms with Crippen molar-refractivity contribution in [3.63, 3.8) is 0 Å². The molecule has 0 fully saturated rings. The number of hydrogen-bond donors (Lipinski definition) is 0. The zero-order chi connectivity index (χ0) is 14.6. The predicted molar refractivity (Wildman–Crippen MR) is 54.8 cm³/mol. The highest BCUT2D eigenvalue weighted by Crippen LogP contribution is 2.19. The molecule has 0 amide bonds. The number of benzene rings is 1. The summed E-state index contributed by atoms with van der Waals surface area (Å²) in [6.07, 6.45) is 0. The number of nitrogens with zero attached hydrogens (tertiary/aromatic N) is 1. The van der Waals surface area contributed by atoms with Crippen LogP contribution in [0.1, 0.15) is 11.3 Å². The molecule has 0 unspecified atom stereocenters. The molecule has 6 nitrogen and oxygen atoms in total. The van der Waals surface area contributed by atoms with Crippen molar-refractivity contribution < 1.29 is 38.1 Å². The summed E-state index contributed by atoms with van der Waals surface area (Å²) in [4.78, 5) is 0. The van der Waals surface area contributed by atoms with Gasteiger partial charge >= 0.3 is 0 Å². The summed E-state index contributed by atoms with van der Waals surface area (Å²) in [5.74, 6) is 0.921. The van der Waals surface area contributed by atoms with E-state index < -0.39 is 10.2 Å². The number of aromatic nitrogens is 1. The van der Waals surface area contributed by atoms with Gasteiger partial charge in [-0.2, -0.15) is 0 Å². The Labute approximate surface area is 112 Å². The van der Waals surface area contributed by atoms with Gasteiger partial charge in [0.25, 0.3) is 0 Å². The molecule has 0 atom stereocenters. The van der Waals surface area contributed by atoms with Gasteiger partial charge in [0, 0.05) is 12.5 Å². The van der Waals surface area contributed by atoms with Gasteiger partial charge in [-0.3, -0.25) is 0 Å². The molecule has 104 valence electrons. The Balaban J connectivity index is 0.000000312. The topological polar surface area (TPSA) is 109 Å². The van der Waals surface area contributed by atoms with Gasteiger partial charge in [0.1, 0.15) is 0 Å². The molecule has 0 bridgehead atoms. The summed E-state index contributed by atoms with van der Waals surface area (Å²) in [6.45, 7) is 4.11. The van der Waals surface area contributed by atoms with E-state index in [1.165, 1.54) is 5.56 Å². The Kier molecular flexibility index (Phi) is 5.04. The average Bonchev–Trinajstić information content (AvgIpc) is 2.58. The van der Waals surface area contributed by atoms with Crippen molar-refractivity contribution in [3.05, 3.63) is 41.6 Å². The van der Waals surface area contributed by atoms with Gasteiger partial charge in [-0.15, -0.1) is 10.2 Å². The molecule has 0 aliphatic carbocycles. The van der Waals surface area contributed by atoms with Crippen molar-refractivity contribution in [3.8, 4) is 11.3 Å². The van der Waals surface area contributed by atoms with Gasteiger partial charge in [-0.05, 0) is 11.7 Å². The summed E-state index contributed by atoms with van der Waals surface area (Å²) < 4.78 is 41.3. The van der Waals surface area contributed by atoms with Crippen molar-refractivity contribution in [2.45, 2.75) is 13.8 Å². The van der Waals surface area contributed by atoms with Crippen molar-refractivity contribution in [2.75, 3.05) is 0 Å². The van der Waals surface area contributed by atoms with E-state index in [0.717, 1.165) is 17.0 Å². The maximum atomic E-state index is 8.49. The van der Waals surface area contributed by atoms with E-state index in [4.69, 9.17) is 23.2 Å². The van der Waals surface area contributed by atoms with Crippen LogP contribution in [0, 0.1) is 24.1 Å². The van der Waals surface area contributed by atoms with Crippen molar-refractivity contribution in [1.82, 2.24) is 0 Å². The molecule has 2 rings (SSSR count). The highest BCUT2D eigenvalue weighted by atomic mass is 35.7. The van der Waals surface area contributed by atoms with E-state index in [1.54, 1.807) is 4.74 Å². The third kappa shape index (κ3) is 5.82. The van der Waals surface area contributed by atoms with Crippen LogP contribution in [0.25, 0.3) is 11.3 Å². The van der Waals surface area contributed by atoms with E-state index in [2.05, 4.69) is 31.2 Å². The lowest BCUT2D eigenvalue weighted by Gasteiger charge is -2.17. The molecule has 0 aliphatic heterocycles. The molecule has 1 aromatic carbocycles. The molecule has 1 heterocycles. The summed E-state index contributed by atoms with van der Waals surface area (Å²) in [5.41, 5.74) is 3.52. The lowest BCUT2D eigenvalue weighted by Crippen LogP contribution is -2.68. The highest BCUT2D eigenvalue weighted by Gasteiger charge is 2.11. The Morgan fingerprint density at radius 1 is 1.00 bits per heavy atom. The molecule has 0 radical (unpaired) electrons. The van der Waals surface area contributed by atoms with Crippen LogP contribution in [0.5, 0.6) is 0 Å². The molecule has 0 spiro atoms. The maximum Gasteiger partial charge on any atom is 0.228 e. The second-order valence-corrected chi connectivity index (χ2v) is 4.74. The first-order valence-corrected chi connectivity index (χ1v) is 6.56. The third-order valence-corrected chi connectivity index (χ3v) is 2.41. The molecular weight excluding hydrogens is 274 g/mol. The fraction of sp³-hybridized carbons (Fsp3) is 0.250. The molecule has 1 aromatic heterocycles. The first kappa shape index (κ1) is 15.6. The minimum atomic E-state index is -4.94. The van der Waals surface area contributed by atoms with Crippen LogP contribution in [0.2, 0.25) is 0 Å². The Morgan fingerprint density at radius 3 is 1.84 bits per heavy atom. The van der Waals surface area contributed by atoms with E-state index in [-0.39, 0.29) is 0 Å².